The van der Waals surface area contributed by atoms with Crippen molar-refractivity contribution in [2.75, 3.05) is 0 Å². The zero-order valence-corrected chi connectivity index (χ0v) is 30.1. The molecule has 5 nitrogen and oxygen atoms in total. The molecular formula is C51H31N3O2. The summed E-state index contributed by atoms with van der Waals surface area (Å²) in [6, 6.07) is 60.5. The molecule has 0 spiro atoms. The number of nitrogens with zero attached hydrogens (tertiary/aromatic N) is 3. The van der Waals surface area contributed by atoms with Crippen molar-refractivity contribution < 1.29 is 8.83 Å². The molecule has 11 aromatic rings. The van der Waals surface area contributed by atoms with Crippen LogP contribution in [-0.2, 0) is 0 Å². The Morgan fingerprint density at radius 2 is 1.00 bits per heavy atom. The van der Waals surface area contributed by atoms with Crippen molar-refractivity contribution in [2.45, 2.75) is 0 Å². The number of para-hydroxylation sites is 2. The zero-order valence-electron chi connectivity index (χ0n) is 30.1. The van der Waals surface area contributed by atoms with Crippen LogP contribution in [0.25, 0.3) is 111 Å². The average molecular weight is 718 g/mol. The van der Waals surface area contributed by atoms with Gasteiger partial charge in [-0.05, 0) is 64.7 Å². The maximum atomic E-state index is 6.68. The summed E-state index contributed by atoms with van der Waals surface area (Å²) in [5.41, 5.74) is 14.4. The fraction of sp³-hybridized carbons (Fsp3) is 0. The second-order valence-corrected chi connectivity index (χ2v) is 14.0. The Bertz CT molecular complexity index is 3240. The van der Waals surface area contributed by atoms with Gasteiger partial charge in [-0.2, -0.15) is 0 Å². The summed E-state index contributed by atoms with van der Waals surface area (Å²) in [7, 11) is 0. The van der Waals surface area contributed by atoms with Crippen LogP contribution in [0.3, 0.4) is 0 Å². The molecule has 0 bridgehead atoms. The van der Waals surface area contributed by atoms with Gasteiger partial charge >= 0.3 is 0 Å². The van der Waals surface area contributed by atoms with Gasteiger partial charge in [-0.15, -0.1) is 0 Å². The van der Waals surface area contributed by atoms with E-state index >= 15 is 0 Å². The van der Waals surface area contributed by atoms with Gasteiger partial charge in [0.1, 0.15) is 22.3 Å². The fourth-order valence-corrected chi connectivity index (χ4v) is 7.94. The highest BCUT2D eigenvalue weighted by Crippen LogP contribution is 2.43. The molecule has 0 amide bonds. The van der Waals surface area contributed by atoms with Gasteiger partial charge in [0.25, 0.3) is 0 Å². The lowest BCUT2D eigenvalue weighted by atomic mass is 9.94. The summed E-state index contributed by atoms with van der Waals surface area (Å²) >= 11 is 0. The minimum Gasteiger partial charge on any atom is -0.456 e. The minimum absolute atomic E-state index is 0.652. The second kappa shape index (κ2) is 13.0. The number of furan rings is 2. The second-order valence-electron chi connectivity index (χ2n) is 14.0. The minimum atomic E-state index is 0.652. The Balaban J connectivity index is 1.03. The molecule has 11 rings (SSSR count). The molecule has 0 aliphatic rings. The quantitative estimate of drug-likeness (QED) is 0.171. The van der Waals surface area contributed by atoms with Gasteiger partial charge in [-0.3, -0.25) is 4.98 Å². The van der Waals surface area contributed by atoms with Gasteiger partial charge in [0.05, 0.1) is 11.4 Å². The lowest BCUT2D eigenvalue weighted by Gasteiger charge is -2.13. The van der Waals surface area contributed by atoms with E-state index in [-0.39, 0.29) is 0 Å². The average Bonchev–Trinajstić information content (AvgIpc) is 3.85. The van der Waals surface area contributed by atoms with Gasteiger partial charge < -0.3 is 8.83 Å². The van der Waals surface area contributed by atoms with Crippen LogP contribution in [0, 0.1) is 0 Å². The van der Waals surface area contributed by atoms with Crippen LogP contribution < -0.4 is 0 Å². The van der Waals surface area contributed by atoms with Crippen molar-refractivity contribution in [3.63, 3.8) is 0 Å². The van der Waals surface area contributed by atoms with Crippen LogP contribution >= 0.6 is 0 Å². The number of rotatable bonds is 6. The summed E-state index contributed by atoms with van der Waals surface area (Å²) in [6.07, 6.45) is 3.69. The Morgan fingerprint density at radius 3 is 1.82 bits per heavy atom. The molecule has 7 aromatic carbocycles. The van der Waals surface area contributed by atoms with Crippen LogP contribution in [-0.4, -0.2) is 15.0 Å². The van der Waals surface area contributed by atoms with E-state index in [4.69, 9.17) is 18.8 Å². The number of aromatic nitrogens is 3. The smallest absolute Gasteiger partial charge is 0.160 e. The first kappa shape index (κ1) is 31.9. The summed E-state index contributed by atoms with van der Waals surface area (Å²) in [5.74, 6) is 0.652. The zero-order chi connectivity index (χ0) is 37.0. The molecule has 0 saturated carbocycles. The van der Waals surface area contributed by atoms with Crippen LogP contribution in [0.15, 0.2) is 197 Å². The monoisotopic (exact) mass is 717 g/mol. The number of benzene rings is 7. The van der Waals surface area contributed by atoms with E-state index in [0.717, 1.165) is 105 Å². The maximum absolute atomic E-state index is 6.68. The summed E-state index contributed by atoms with van der Waals surface area (Å²) in [4.78, 5) is 14.7. The number of hydrogen-bond acceptors (Lipinski definition) is 5. The summed E-state index contributed by atoms with van der Waals surface area (Å²) in [5, 5.41) is 4.38. The highest BCUT2D eigenvalue weighted by atomic mass is 16.3. The molecule has 0 aliphatic heterocycles. The number of fused-ring (bicyclic) bond motifs is 6. The van der Waals surface area contributed by atoms with Crippen molar-refractivity contribution in [1.82, 2.24) is 15.0 Å². The topological polar surface area (TPSA) is 65.0 Å². The van der Waals surface area contributed by atoms with E-state index < -0.39 is 0 Å². The van der Waals surface area contributed by atoms with E-state index in [1.165, 1.54) is 0 Å². The third-order valence-corrected chi connectivity index (χ3v) is 10.6. The van der Waals surface area contributed by atoms with E-state index in [9.17, 15) is 0 Å². The molecule has 0 unspecified atom stereocenters. The van der Waals surface area contributed by atoms with Crippen molar-refractivity contribution >= 4 is 43.9 Å². The van der Waals surface area contributed by atoms with E-state index in [1.807, 2.05) is 60.8 Å². The molecule has 262 valence electrons. The Morgan fingerprint density at radius 1 is 0.357 bits per heavy atom. The molecule has 0 atom stereocenters. The first-order chi connectivity index (χ1) is 27.7. The van der Waals surface area contributed by atoms with Crippen molar-refractivity contribution in [3.05, 3.63) is 188 Å². The Labute approximate surface area is 322 Å². The van der Waals surface area contributed by atoms with Crippen molar-refractivity contribution in [3.8, 4) is 67.3 Å². The molecular weight excluding hydrogens is 687 g/mol. The predicted octanol–water partition coefficient (Wildman–Crippen LogP) is 13.7. The predicted molar refractivity (Wildman–Crippen MR) is 227 cm³/mol. The highest BCUT2D eigenvalue weighted by Gasteiger charge is 2.19. The third-order valence-electron chi connectivity index (χ3n) is 10.6. The van der Waals surface area contributed by atoms with Crippen LogP contribution in [0.4, 0.5) is 0 Å². The molecule has 0 fully saturated rings. The Hall–Kier alpha value is -7.63. The first-order valence-electron chi connectivity index (χ1n) is 18.7. The first-order valence-corrected chi connectivity index (χ1v) is 18.7. The normalized spacial score (nSPS) is 11.6. The van der Waals surface area contributed by atoms with Crippen LogP contribution in [0.1, 0.15) is 0 Å². The maximum Gasteiger partial charge on any atom is 0.160 e. The highest BCUT2D eigenvalue weighted by molar-refractivity contribution is 6.17. The van der Waals surface area contributed by atoms with E-state index in [1.54, 1.807) is 6.20 Å². The van der Waals surface area contributed by atoms with Crippen molar-refractivity contribution in [1.29, 1.82) is 0 Å². The number of hydrogen-bond donors (Lipinski definition) is 0. The lowest BCUT2D eigenvalue weighted by Crippen LogP contribution is -1.97. The van der Waals surface area contributed by atoms with Crippen LogP contribution in [0.2, 0.25) is 0 Å². The molecule has 0 radical (unpaired) electrons. The van der Waals surface area contributed by atoms with Gasteiger partial charge in [0.15, 0.2) is 5.82 Å². The van der Waals surface area contributed by atoms with Crippen molar-refractivity contribution in [2.24, 2.45) is 0 Å². The standard InChI is InChI=1S/C51H31N3O2/c1-2-11-33(12-3-1)44-30-45(40-15-5-4-14-37(40)36-13-10-28-52-31-36)54-51(53-44)34-22-20-32(21-23-34)39-27-26-38(49-43-17-7-9-19-47(43)56-50(39)49)35-24-25-42-41-16-6-8-18-46(41)55-48(42)29-35/h1-31H. The van der Waals surface area contributed by atoms with Gasteiger partial charge in [-0.25, -0.2) is 9.97 Å². The molecule has 5 heteroatoms. The van der Waals surface area contributed by atoms with Gasteiger partial charge in [0.2, 0.25) is 0 Å². The van der Waals surface area contributed by atoms with E-state index in [2.05, 4.69) is 126 Å². The lowest BCUT2D eigenvalue weighted by molar-refractivity contribution is 0.668. The molecule has 0 saturated heterocycles. The van der Waals surface area contributed by atoms with Crippen LogP contribution in [0.5, 0.6) is 0 Å². The fourth-order valence-electron chi connectivity index (χ4n) is 7.94. The Kier molecular flexibility index (Phi) is 7.42. The molecule has 0 aliphatic carbocycles. The molecule has 56 heavy (non-hydrogen) atoms. The largest absolute Gasteiger partial charge is 0.456 e. The summed E-state index contributed by atoms with van der Waals surface area (Å²) < 4.78 is 13.0. The third kappa shape index (κ3) is 5.37. The number of pyridine rings is 1. The van der Waals surface area contributed by atoms with Gasteiger partial charge in [-0.1, -0.05) is 133 Å². The SMILES string of the molecule is c1ccc(-c2cc(-c3ccccc3-c3cccnc3)nc(-c3ccc(-c4ccc(-c5ccc6c(c5)oc5ccccc56)c5c4oc4ccccc45)cc3)n2)cc1. The molecule has 4 heterocycles. The van der Waals surface area contributed by atoms with E-state index in [0.29, 0.717) is 5.82 Å². The molecule has 0 N–H and O–H groups in total. The summed E-state index contributed by atoms with van der Waals surface area (Å²) in [6.45, 7) is 0. The molecule has 4 aromatic heterocycles. The van der Waals surface area contributed by atoms with Gasteiger partial charge in [0, 0.05) is 61.8 Å².